The largest absolute Gasteiger partial charge is 0.484 e. The van der Waals surface area contributed by atoms with Crippen molar-refractivity contribution in [3.05, 3.63) is 87.9 Å². The van der Waals surface area contributed by atoms with Crippen molar-refractivity contribution in [2.24, 2.45) is 5.10 Å². The van der Waals surface area contributed by atoms with E-state index < -0.39 is 5.97 Å². The van der Waals surface area contributed by atoms with E-state index in [9.17, 15) is 9.59 Å². The monoisotopic (exact) mass is 547 g/mol. The van der Waals surface area contributed by atoms with Crippen molar-refractivity contribution in [3.8, 4) is 11.5 Å². The van der Waals surface area contributed by atoms with E-state index >= 15 is 0 Å². The number of hydrogen-bond donors (Lipinski definition) is 1. The Morgan fingerprint density at radius 3 is 2.78 bits per heavy atom. The Kier molecular flexibility index (Phi) is 6.81. The molecule has 1 aliphatic carbocycles. The molecule has 8 nitrogen and oxygen atoms in total. The van der Waals surface area contributed by atoms with E-state index in [0.717, 1.165) is 21.8 Å². The Labute approximate surface area is 215 Å². The summed E-state index contributed by atoms with van der Waals surface area (Å²) in [5.74, 6) is 0.707. The van der Waals surface area contributed by atoms with E-state index in [1.807, 2.05) is 36.4 Å². The first-order valence-corrected chi connectivity index (χ1v) is 12.2. The molecule has 9 heteroatoms. The molecule has 1 aliphatic rings. The average Bonchev–Trinajstić information content (AvgIpc) is 3.25. The Balaban J connectivity index is 1.33. The van der Waals surface area contributed by atoms with E-state index in [0.29, 0.717) is 46.9 Å². The summed E-state index contributed by atoms with van der Waals surface area (Å²) in [7, 11) is 0. The molecule has 0 fully saturated rings. The lowest BCUT2D eigenvalue weighted by molar-refractivity contribution is -0.123. The minimum absolute atomic E-state index is 0.111. The molecule has 0 saturated carbocycles. The highest BCUT2D eigenvalue weighted by Crippen LogP contribution is 2.33. The number of carbonyl (C=O) groups excluding carboxylic acids is 2. The number of nitrogens with one attached hydrogen (secondary N) is 1. The normalized spacial score (nSPS) is 13.9. The third kappa shape index (κ3) is 4.87. The number of ether oxygens (including phenoxy) is 2. The molecule has 2 aromatic carbocycles. The molecule has 0 spiro atoms. The Morgan fingerprint density at radius 2 is 1.94 bits per heavy atom. The number of hydrogen-bond acceptors (Lipinski definition) is 7. The molecule has 1 amide bonds. The third-order valence-electron chi connectivity index (χ3n) is 5.82. The molecule has 0 unspecified atom stereocenters. The van der Waals surface area contributed by atoms with Crippen LogP contribution < -0.4 is 14.9 Å². The minimum Gasteiger partial charge on any atom is -0.484 e. The number of furan rings is 1. The number of esters is 1. The van der Waals surface area contributed by atoms with Crippen LogP contribution in [-0.4, -0.2) is 29.2 Å². The highest BCUT2D eigenvalue weighted by atomic mass is 79.9. The van der Waals surface area contributed by atoms with Crippen molar-refractivity contribution >= 4 is 44.4 Å². The first-order valence-electron chi connectivity index (χ1n) is 11.4. The summed E-state index contributed by atoms with van der Waals surface area (Å²) in [5, 5.41) is 5.15. The van der Waals surface area contributed by atoms with Gasteiger partial charge in [-0.1, -0.05) is 40.2 Å². The molecule has 1 N–H and O–H groups in total. The van der Waals surface area contributed by atoms with Crippen LogP contribution in [0.5, 0.6) is 11.5 Å². The van der Waals surface area contributed by atoms with Crippen molar-refractivity contribution in [3.63, 3.8) is 0 Å². The molecular formula is C27H22BrN3O5. The number of amides is 1. The van der Waals surface area contributed by atoms with Crippen molar-refractivity contribution in [2.45, 2.75) is 26.2 Å². The standard InChI is InChI=1S/C27H22BrN3O5/c1-16-24-20(30-31-23(32)15-34-17-7-3-2-4-8-17)10-5-11-21(24)35-26(16)27(33)36-22-13-12-19(28)18-9-6-14-29-25(18)22/h2-4,6-9,12-14H,5,10-11,15H2,1H3,(H,31,32)/b30-20+. The molecule has 0 bridgehead atoms. The topological polar surface area (TPSA) is 103 Å². The van der Waals surface area contributed by atoms with Crippen LogP contribution >= 0.6 is 15.9 Å². The van der Waals surface area contributed by atoms with E-state index in [1.165, 1.54) is 0 Å². The second-order valence-corrected chi connectivity index (χ2v) is 9.09. The van der Waals surface area contributed by atoms with Gasteiger partial charge in [0.05, 0.1) is 5.71 Å². The summed E-state index contributed by atoms with van der Waals surface area (Å²) >= 11 is 3.50. The van der Waals surface area contributed by atoms with Crippen LogP contribution in [0, 0.1) is 6.92 Å². The lowest BCUT2D eigenvalue weighted by atomic mass is 9.93. The Morgan fingerprint density at radius 1 is 1.11 bits per heavy atom. The lowest BCUT2D eigenvalue weighted by Gasteiger charge is -2.13. The number of benzene rings is 2. The number of hydrazone groups is 1. The summed E-state index contributed by atoms with van der Waals surface area (Å²) in [6.45, 7) is 1.63. The maximum absolute atomic E-state index is 13.1. The molecule has 182 valence electrons. The van der Waals surface area contributed by atoms with Crippen LogP contribution in [0.1, 0.15) is 40.3 Å². The number of halogens is 1. The highest BCUT2D eigenvalue weighted by molar-refractivity contribution is 9.10. The summed E-state index contributed by atoms with van der Waals surface area (Å²) < 4.78 is 17.9. The predicted molar refractivity (Wildman–Crippen MR) is 137 cm³/mol. The fourth-order valence-electron chi connectivity index (χ4n) is 4.14. The molecular weight excluding hydrogens is 526 g/mol. The van der Waals surface area contributed by atoms with E-state index in [2.05, 4.69) is 31.4 Å². The number of pyridine rings is 1. The van der Waals surface area contributed by atoms with Crippen LogP contribution in [0.15, 0.2) is 74.8 Å². The molecule has 0 atom stereocenters. The summed E-state index contributed by atoms with van der Waals surface area (Å²) in [5.41, 5.74) is 5.12. The number of nitrogens with zero attached hydrogens (tertiary/aromatic N) is 2. The number of aryl methyl sites for hydroxylation is 1. The van der Waals surface area contributed by atoms with Gasteiger partial charge >= 0.3 is 5.97 Å². The number of para-hydroxylation sites is 1. The van der Waals surface area contributed by atoms with Gasteiger partial charge in [0, 0.05) is 33.6 Å². The van der Waals surface area contributed by atoms with Gasteiger partial charge in [0.25, 0.3) is 5.91 Å². The second-order valence-electron chi connectivity index (χ2n) is 8.24. The average molecular weight is 548 g/mol. The molecule has 36 heavy (non-hydrogen) atoms. The summed E-state index contributed by atoms with van der Waals surface area (Å²) in [6.07, 6.45) is 3.73. The van der Waals surface area contributed by atoms with Gasteiger partial charge in [0.1, 0.15) is 17.0 Å². The van der Waals surface area contributed by atoms with Crippen molar-refractivity contribution in [1.29, 1.82) is 0 Å². The smallest absolute Gasteiger partial charge is 0.380 e. The van der Waals surface area contributed by atoms with Crippen molar-refractivity contribution in [2.75, 3.05) is 6.61 Å². The fraction of sp³-hybridized carbons (Fsp3) is 0.185. The third-order valence-corrected chi connectivity index (χ3v) is 6.51. The molecule has 2 heterocycles. The Hall–Kier alpha value is -3.98. The predicted octanol–water partition coefficient (Wildman–Crippen LogP) is 5.35. The van der Waals surface area contributed by atoms with Gasteiger partial charge in [-0.3, -0.25) is 9.78 Å². The Bertz CT molecular complexity index is 1480. The van der Waals surface area contributed by atoms with E-state index in [4.69, 9.17) is 13.9 Å². The second kappa shape index (κ2) is 10.3. The van der Waals surface area contributed by atoms with Crippen molar-refractivity contribution < 1.29 is 23.5 Å². The molecule has 5 rings (SSSR count). The van der Waals surface area contributed by atoms with E-state index in [1.54, 1.807) is 31.3 Å². The zero-order valence-corrected chi connectivity index (χ0v) is 21.0. The molecule has 0 saturated heterocycles. The molecule has 4 aromatic rings. The number of carbonyl (C=O) groups is 2. The van der Waals surface area contributed by atoms with Gasteiger partial charge in [-0.25, -0.2) is 10.2 Å². The minimum atomic E-state index is -0.615. The molecule has 2 aromatic heterocycles. The quantitative estimate of drug-likeness (QED) is 0.198. The van der Waals surface area contributed by atoms with Crippen LogP contribution in [0.25, 0.3) is 10.9 Å². The maximum Gasteiger partial charge on any atom is 0.380 e. The van der Waals surface area contributed by atoms with E-state index in [-0.39, 0.29) is 18.3 Å². The highest BCUT2D eigenvalue weighted by Gasteiger charge is 2.29. The van der Waals surface area contributed by atoms with Crippen LogP contribution in [0.3, 0.4) is 0 Å². The van der Waals surface area contributed by atoms with Gasteiger partial charge in [-0.15, -0.1) is 0 Å². The number of aromatic nitrogens is 1. The number of fused-ring (bicyclic) bond motifs is 2. The van der Waals surface area contributed by atoms with Gasteiger partial charge in [0.2, 0.25) is 5.76 Å². The van der Waals surface area contributed by atoms with Crippen LogP contribution in [0.4, 0.5) is 0 Å². The van der Waals surface area contributed by atoms with Crippen molar-refractivity contribution in [1.82, 2.24) is 10.4 Å². The van der Waals surface area contributed by atoms with Gasteiger partial charge in [0.15, 0.2) is 12.4 Å². The zero-order chi connectivity index (χ0) is 25.1. The van der Waals surface area contributed by atoms with Crippen LogP contribution in [0.2, 0.25) is 0 Å². The number of rotatable bonds is 6. The van der Waals surface area contributed by atoms with Gasteiger partial charge in [-0.2, -0.15) is 5.10 Å². The van der Waals surface area contributed by atoms with Gasteiger partial charge < -0.3 is 13.9 Å². The lowest BCUT2D eigenvalue weighted by Crippen LogP contribution is -2.27. The first-order chi connectivity index (χ1) is 17.5. The summed E-state index contributed by atoms with van der Waals surface area (Å²) in [4.78, 5) is 29.7. The molecule has 0 aliphatic heterocycles. The summed E-state index contributed by atoms with van der Waals surface area (Å²) in [6, 6.07) is 16.3. The van der Waals surface area contributed by atoms with Gasteiger partial charge in [-0.05, 0) is 50.1 Å². The van der Waals surface area contributed by atoms with Crippen LogP contribution in [-0.2, 0) is 11.2 Å². The fourth-order valence-corrected chi connectivity index (χ4v) is 4.60. The molecule has 0 radical (unpaired) electrons. The maximum atomic E-state index is 13.1. The first kappa shape index (κ1) is 23.7. The zero-order valence-electron chi connectivity index (χ0n) is 19.4. The SMILES string of the molecule is Cc1c(C(=O)Oc2ccc(Br)c3cccnc23)oc2c1/C(=N/NC(=O)COc1ccccc1)CCC2.